The lowest BCUT2D eigenvalue weighted by Crippen LogP contribution is -2.51. The van der Waals surface area contributed by atoms with Crippen LogP contribution in [0.4, 0.5) is 9.18 Å². The van der Waals surface area contributed by atoms with Crippen molar-refractivity contribution in [1.29, 1.82) is 0 Å². The van der Waals surface area contributed by atoms with E-state index in [1.165, 1.54) is 12.1 Å². The number of thioether (sulfide) groups is 1. The van der Waals surface area contributed by atoms with Crippen LogP contribution in [0.15, 0.2) is 53.4 Å². The van der Waals surface area contributed by atoms with E-state index in [-0.39, 0.29) is 17.4 Å². The second kappa shape index (κ2) is 12.2. The van der Waals surface area contributed by atoms with Gasteiger partial charge in [0.05, 0.1) is 24.7 Å². The van der Waals surface area contributed by atoms with Gasteiger partial charge in [-0.05, 0) is 53.2 Å². The summed E-state index contributed by atoms with van der Waals surface area (Å²) < 4.78 is 18.9. The number of hydrogen-bond acceptors (Lipinski definition) is 7. The maximum atomic E-state index is 13.5. The molecule has 0 N–H and O–H groups in total. The Balaban J connectivity index is 1.17. The minimum Gasteiger partial charge on any atom is -0.379 e. The van der Waals surface area contributed by atoms with Gasteiger partial charge in [-0.25, -0.2) is 4.39 Å². The van der Waals surface area contributed by atoms with Crippen LogP contribution in [0, 0.1) is 5.82 Å². The van der Waals surface area contributed by atoms with Gasteiger partial charge in [0.1, 0.15) is 5.82 Å². The largest absolute Gasteiger partial charge is 0.379 e. The summed E-state index contributed by atoms with van der Waals surface area (Å²) in [7, 11) is 0. The number of piperazine rings is 1. The molecule has 3 saturated heterocycles. The summed E-state index contributed by atoms with van der Waals surface area (Å²) in [4.78, 5) is 46.7. The molecule has 0 bridgehead atoms. The Hall–Kier alpha value is -3.05. The van der Waals surface area contributed by atoms with Crippen LogP contribution in [0.1, 0.15) is 21.5 Å². The van der Waals surface area contributed by atoms with Crippen molar-refractivity contribution in [2.45, 2.75) is 6.54 Å². The SMILES string of the molecule is O=C(c1cccc(/C=C2\SC(=O)N(Cc3cccc(F)c3)C2=O)c1)N1CCN(CCN2CCOCC2)CC1. The van der Waals surface area contributed by atoms with Gasteiger partial charge in [-0.3, -0.25) is 29.1 Å². The highest BCUT2D eigenvalue weighted by Gasteiger charge is 2.35. The molecular weight excluding hydrogens is 507 g/mol. The quantitative estimate of drug-likeness (QED) is 0.502. The predicted molar refractivity (Wildman–Crippen MR) is 144 cm³/mol. The molecule has 5 rings (SSSR count). The van der Waals surface area contributed by atoms with Crippen molar-refractivity contribution in [2.24, 2.45) is 0 Å². The third-order valence-electron chi connectivity index (χ3n) is 7.03. The Morgan fingerprint density at radius 2 is 1.63 bits per heavy atom. The van der Waals surface area contributed by atoms with Crippen molar-refractivity contribution in [1.82, 2.24) is 19.6 Å². The van der Waals surface area contributed by atoms with E-state index in [2.05, 4.69) is 9.80 Å². The highest BCUT2D eigenvalue weighted by molar-refractivity contribution is 8.18. The highest BCUT2D eigenvalue weighted by Crippen LogP contribution is 2.33. The first-order chi connectivity index (χ1) is 18.5. The van der Waals surface area contributed by atoms with Gasteiger partial charge in [-0.15, -0.1) is 0 Å². The number of amides is 3. The Morgan fingerprint density at radius 1 is 0.921 bits per heavy atom. The summed E-state index contributed by atoms with van der Waals surface area (Å²) in [5.41, 5.74) is 1.78. The fourth-order valence-corrected chi connectivity index (χ4v) is 5.67. The summed E-state index contributed by atoms with van der Waals surface area (Å²) in [6.07, 6.45) is 1.64. The number of benzene rings is 2. The smallest absolute Gasteiger partial charge is 0.293 e. The molecule has 3 heterocycles. The van der Waals surface area contributed by atoms with E-state index in [9.17, 15) is 18.8 Å². The number of nitrogens with zero attached hydrogens (tertiary/aromatic N) is 4. The molecule has 0 saturated carbocycles. The summed E-state index contributed by atoms with van der Waals surface area (Å²) in [5.74, 6) is -0.873. The lowest BCUT2D eigenvalue weighted by molar-refractivity contribution is -0.123. The first-order valence-corrected chi connectivity index (χ1v) is 13.7. The zero-order valence-electron chi connectivity index (χ0n) is 21.2. The van der Waals surface area contributed by atoms with Gasteiger partial charge in [0.15, 0.2) is 0 Å². The summed E-state index contributed by atoms with van der Waals surface area (Å²) in [6.45, 7) is 8.61. The van der Waals surface area contributed by atoms with E-state index in [0.717, 1.165) is 69.1 Å². The highest BCUT2D eigenvalue weighted by atomic mass is 32.2. The van der Waals surface area contributed by atoms with Crippen molar-refractivity contribution in [3.8, 4) is 0 Å². The minimum absolute atomic E-state index is 0.0106. The molecule has 38 heavy (non-hydrogen) atoms. The van der Waals surface area contributed by atoms with E-state index < -0.39 is 17.0 Å². The second-order valence-corrected chi connectivity index (χ2v) is 10.6. The van der Waals surface area contributed by atoms with Gasteiger partial charge in [-0.2, -0.15) is 0 Å². The number of imide groups is 1. The minimum atomic E-state index is -0.422. The van der Waals surface area contributed by atoms with Crippen molar-refractivity contribution in [2.75, 3.05) is 65.6 Å². The Labute approximate surface area is 226 Å². The average molecular weight is 539 g/mol. The fraction of sp³-hybridized carbons (Fsp3) is 0.393. The van der Waals surface area contributed by atoms with Crippen molar-refractivity contribution in [3.63, 3.8) is 0 Å². The third-order valence-corrected chi connectivity index (χ3v) is 7.94. The Bertz CT molecular complexity index is 1220. The van der Waals surface area contributed by atoms with Crippen LogP contribution in [0.3, 0.4) is 0 Å². The standard InChI is InChI=1S/C28H31FN4O4S/c29-24-6-2-4-22(18-24)20-33-27(35)25(38-28(33)36)19-21-3-1-5-23(17-21)26(34)32-11-9-30(10-12-32)7-8-31-13-15-37-16-14-31/h1-6,17-19H,7-16,20H2/b25-19-. The zero-order chi connectivity index (χ0) is 26.5. The van der Waals surface area contributed by atoms with Crippen molar-refractivity contribution < 1.29 is 23.5 Å². The van der Waals surface area contributed by atoms with Crippen molar-refractivity contribution >= 4 is 34.9 Å². The van der Waals surface area contributed by atoms with Crippen LogP contribution in [-0.2, 0) is 16.1 Å². The Morgan fingerprint density at radius 3 is 2.37 bits per heavy atom. The first-order valence-electron chi connectivity index (χ1n) is 12.9. The number of ether oxygens (including phenoxy) is 1. The molecule has 0 aromatic heterocycles. The fourth-order valence-electron chi connectivity index (χ4n) is 4.83. The molecule has 3 fully saturated rings. The second-order valence-electron chi connectivity index (χ2n) is 9.61. The van der Waals surface area contributed by atoms with Gasteiger partial charge >= 0.3 is 0 Å². The van der Waals surface area contributed by atoms with E-state index >= 15 is 0 Å². The molecule has 10 heteroatoms. The molecular formula is C28H31FN4O4S. The van der Waals surface area contributed by atoms with Gasteiger partial charge in [-0.1, -0.05) is 24.3 Å². The number of hydrogen-bond donors (Lipinski definition) is 0. The molecule has 8 nitrogen and oxygen atoms in total. The third kappa shape index (κ3) is 6.50. The molecule has 2 aromatic rings. The van der Waals surface area contributed by atoms with Crippen LogP contribution in [0.25, 0.3) is 6.08 Å². The Kier molecular flexibility index (Phi) is 8.53. The summed E-state index contributed by atoms with van der Waals surface area (Å²) in [6, 6.07) is 13.0. The molecule has 0 aliphatic carbocycles. The van der Waals surface area contributed by atoms with Gasteiger partial charge in [0, 0.05) is 57.9 Å². The molecule has 2 aromatic carbocycles. The maximum Gasteiger partial charge on any atom is 0.293 e. The maximum absolute atomic E-state index is 13.5. The van der Waals surface area contributed by atoms with Crippen LogP contribution < -0.4 is 0 Å². The van der Waals surface area contributed by atoms with E-state index in [1.807, 2.05) is 4.90 Å². The molecule has 200 valence electrons. The van der Waals surface area contributed by atoms with Crippen LogP contribution in [-0.4, -0.2) is 102 Å². The molecule has 3 amide bonds. The van der Waals surface area contributed by atoms with Gasteiger partial charge in [0.25, 0.3) is 17.1 Å². The average Bonchev–Trinajstić information content (AvgIpc) is 3.20. The van der Waals surface area contributed by atoms with Gasteiger partial charge < -0.3 is 9.64 Å². The van der Waals surface area contributed by atoms with Gasteiger partial charge in [0.2, 0.25) is 0 Å². The van der Waals surface area contributed by atoms with Crippen LogP contribution in [0.5, 0.6) is 0 Å². The number of morpholine rings is 1. The molecule has 0 radical (unpaired) electrons. The monoisotopic (exact) mass is 538 g/mol. The first kappa shape index (κ1) is 26.6. The molecule has 0 unspecified atom stereocenters. The number of halogens is 1. The predicted octanol–water partition coefficient (Wildman–Crippen LogP) is 3.15. The number of rotatable bonds is 7. The number of carbonyl (C=O) groups is 3. The topological polar surface area (TPSA) is 73.4 Å². The summed E-state index contributed by atoms with van der Waals surface area (Å²) in [5, 5.41) is -0.399. The molecule has 0 spiro atoms. The van der Waals surface area contributed by atoms with E-state index in [1.54, 1.807) is 42.5 Å². The zero-order valence-corrected chi connectivity index (χ0v) is 22.0. The molecule has 0 atom stereocenters. The number of carbonyl (C=O) groups excluding carboxylic acids is 3. The molecule has 3 aliphatic rings. The van der Waals surface area contributed by atoms with Crippen LogP contribution >= 0.6 is 11.8 Å². The lowest BCUT2D eigenvalue weighted by atomic mass is 10.1. The van der Waals surface area contributed by atoms with Crippen LogP contribution in [0.2, 0.25) is 0 Å². The lowest BCUT2D eigenvalue weighted by Gasteiger charge is -2.36. The normalized spacial score (nSPS) is 20.5. The molecule has 3 aliphatic heterocycles. The van der Waals surface area contributed by atoms with Crippen molar-refractivity contribution in [3.05, 3.63) is 75.9 Å². The van der Waals surface area contributed by atoms with E-state index in [0.29, 0.717) is 29.8 Å². The van der Waals surface area contributed by atoms with E-state index in [4.69, 9.17) is 4.74 Å². The summed E-state index contributed by atoms with van der Waals surface area (Å²) >= 11 is 0.851.